The van der Waals surface area contributed by atoms with Crippen molar-refractivity contribution in [1.29, 1.82) is 0 Å². The predicted molar refractivity (Wildman–Crippen MR) is 123 cm³/mol. The lowest BCUT2D eigenvalue weighted by Crippen LogP contribution is -2.45. The monoisotopic (exact) mass is 484 g/mol. The van der Waals surface area contributed by atoms with Crippen LogP contribution in [0.3, 0.4) is 0 Å². The minimum atomic E-state index is -3.87. The lowest BCUT2D eigenvalue weighted by Gasteiger charge is -2.33. The van der Waals surface area contributed by atoms with Crippen molar-refractivity contribution in [2.75, 3.05) is 18.5 Å². The number of nitrogens with zero attached hydrogens (tertiary/aromatic N) is 1. The van der Waals surface area contributed by atoms with Crippen LogP contribution in [0.25, 0.3) is 0 Å². The molecular formula is C22H26Cl2N2O4S. The molecule has 1 aliphatic rings. The summed E-state index contributed by atoms with van der Waals surface area (Å²) in [6, 6.07) is 10.8. The van der Waals surface area contributed by atoms with Gasteiger partial charge < -0.3 is 10.1 Å². The largest absolute Gasteiger partial charge is 0.494 e. The van der Waals surface area contributed by atoms with Crippen molar-refractivity contribution >= 4 is 44.8 Å². The Morgan fingerprint density at radius 3 is 2.39 bits per heavy atom. The molecule has 0 heterocycles. The van der Waals surface area contributed by atoms with Gasteiger partial charge in [0.2, 0.25) is 15.9 Å². The standard InChI is InChI=1S/C22H26Cl2N2O4S/c1-2-30-18-9-11-19(12-10-18)31(28,29)26(17-6-4-3-5-7-17)15-22(27)25-21-13-8-16(23)14-20(21)24/h8-14,17H,2-7,15H2,1H3,(H,25,27). The first-order chi connectivity index (χ1) is 14.8. The maximum atomic E-state index is 13.5. The molecule has 1 saturated carbocycles. The van der Waals surface area contributed by atoms with E-state index in [0.29, 0.717) is 28.1 Å². The zero-order valence-electron chi connectivity index (χ0n) is 17.3. The van der Waals surface area contributed by atoms with E-state index in [1.807, 2.05) is 6.92 Å². The van der Waals surface area contributed by atoms with Crippen molar-refractivity contribution in [1.82, 2.24) is 4.31 Å². The number of sulfonamides is 1. The Hall–Kier alpha value is -1.80. The minimum absolute atomic E-state index is 0.138. The highest BCUT2D eigenvalue weighted by molar-refractivity contribution is 7.89. The van der Waals surface area contributed by atoms with Crippen LogP contribution in [-0.4, -0.2) is 37.8 Å². The molecule has 0 atom stereocenters. The molecule has 0 aromatic heterocycles. The summed E-state index contributed by atoms with van der Waals surface area (Å²) in [6.07, 6.45) is 4.39. The molecule has 31 heavy (non-hydrogen) atoms. The first kappa shape index (κ1) is 23.9. The number of carbonyl (C=O) groups excluding carboxylic acids is 1. The van der Waals surface area contributed by atoms with Gasteiger partial charge in [0.1, 0.15) is 5.75 Å². The van der Waals surface area contributed by atoms with Gasteiger partial charge in [-0.3, -0.25) is 4.79 Å². The number of carbonyl (C=O) groups is 1. The van der Waals surface area contributed by atoms with Crippen LogP contribution >= 0.6 is 23.2 Å². The molecule has 3 rings (SSSR count). The zero-order valence-corrected chi connectivity index (χ0v) is 19.6. The predicted octanol–water partition coefficient (Wildman–Crippen LogP) is 5.35. The van der Waals surface area contributed by atoms with Crippen LogP contribution in [0, 0.1) is 0 Å². The number of anilines is 1. The van der Waals surface area contributed by atoms with E-state index in [2.05, 4.69) is 5.32 Å². The van der Waals surface area contributed by atoms with E-state index in [-0.39, 0.29) is 17.5 Å². The summed E-state index contributed by atoms with van der Waals surface area (Å²) in [5, 5.41) is 3.44. The highest BCUT2D eigenvalue weighted by Gasteiger charge is 2.34. The Balaban J connectivity index is 1.84. The molecule has 9 heteroatoms. The van der Waals surface area contributed by atoms with E-state index in [4.69, 9.17) is 27.9 Å². The second-order valence-corrected chi connectivity index (χ2v) is 10.2. The van der Waals surface area contributed by atoms with Crippen LogP contribution in [0.15, 0.2) is 47.4 Å². The van der Waals surface area contributed by atoms with Crippen molar-refractivity contribution in [2.24, 2.45) is 0 Å². The van der Waals surface area contributed by atoms with Crippen LogP contribution in [-0.2, 0) is 14.8 Å². The lowest BCUT2D eigenvalue weighted by atomic mass is 9.95. The van der Waals surface area contributed by atoms with Crippen LogP contribution in [0.2, 0.25) is 10.0 Å². The number of hydrogen-bond donors (Lipinski definition) is 1. The van der Waals surface area contributed by atoms with E-state index in [9.17, 15) is 13.2 Å². The maximum Gasteiger partial charge on any atom is 0.243 e. The molecule has 0 spiro atoms. The molecule has 1 fully saturated rings. The molecule has 0 saturated heterocycles. The molecule has 0 unspecified atom stereocenters. The maximum absolute atomic E-state index is 13.5. The van der Waals surface area contributed by atoms with Gasteiger partial charge in [-0.2, -0.15) is 4.31 Å². The van der Waals surface area contributed by atoms with E-state index in [1.54, 1.807) is 24.3 Å². The molecule has 0 radical (unpaired) electrons. The summed E-state index contributed by atoms with van der Waals surface area (Å²) in [7, 11) is -3.87. The van der Waals surface area contributed by atoms with Gasteiger partial charge in [-0.15, -0.1) is 0 Å². The number of nitrogens with one attached hydrogen (secondary N) is 1. The molecule has 0 bridgehead atoms. The van der Waals surface area contributed by atoms with Gasteiger partial charge in [0, 0.05) is 11.1 Å². The van der Waals surface area contributed by atoms with Crippen molar-refractivity contribution in [2.45, 2.75) is 50.0 Å². The fourth-order valence-electron chi connectivity index (χ4n) is 3.71. The van der Waals surface area contributed by atoms with Crippen LogP contribution < -0.4 is 10.1 Å². The average Bonchev–Trinajstić information content (AvgIpc) is 2.75. The molecule has 1 aliphatic carbocycles. The van der Waals surface area contributed by atoms with Gasteiger partial charge in [-0.05, 0) is 62.2 Å². The number of halogens is 2. The van der Waals surface area contributed by atoms with Gasteiger partial charge in [-0.25, -0.2) is 8.42 Å². The first-order valence-corrected chi connectivity index (χ1v) is 12.5. The highest BCUT2D eigenvalue weighted by atomic mass is 35.5. The van der Waals surface area contributed by atoms with E-state index in [0.717, 1.165) is 32.1 Å². The third kappa shape index (κ3) is 6.13. The van der Waals surface area contributed by atoms with Crippen molar-refractivity contribution in [3.05, 3.63) is 52.5 Å². The number of hydrogen-bond acceptors (Lipinski definition) is 4. The van der Waals surface area contributed by atoms with Gasteiger partial charge in [0.05, 0.1) is 28.8 Å². The number of benzene rings is 2. The molecule has 0 aliphatic heterocycles. The second kappa shape index (κ2) is 10.7. The quantitative estimate of drug-likeness (QED) is 0.547. The van der Waals surface area contributed by atoms with Crippen LogP contribution in [0.4, 0.5) is 5.69 Å². The van der Waals surface area contributed by atoms with Crippen molar-refractivity contribution in [3.63, 3.8) is 0 Å². The van der Waals surface area contributed by atoms with E-state index >= 15 is 0 Å². The number of ether oxygens (including phenoxy) is 1. The lowest BCUT2D eigenvalue weighted by molar-refractivity contribution is -0.116. The third-order valence-electron chi connectivity index (χ3n) is 5.23. The molecule has 2 aromatic carbocycles. The molecule has 1 amide bonds. The summed E-state index contributed by atoms with van der Waals surface area (Å²) >= 11 is 12.0. The van der Waals surface area contributed by atoms with Gasteiger partial charge in [0.15, 0.2) is 0 Å². The van der Waals surface area contributed by atoms with Crippen molar-refractivity contribution in [3.8, 4) is 5.75 Å². The van der Waals surface area contributed by atoms with Gasteiger partial charge in [-0.1, -0.05) is 42.5 Å². The molecule has 168 valence electrons. The van der Waals surface area contributed by atoms with Crippen molar-refractivity contribution < 1.29 is 17.9 Å². The fraction of sp³-hybridized carbons (Fsp3) is 0.409. The Labute approximate surface area is 193 Å². The topological polar surface area (TPSA) is 75.7 Å². The molecule has 1 N–H and O–H groups in total. The molecule has 2 aromatic rings. The van der Waals surface area contributed by atoms with Crippen LogP contribution in [0.1, 0.15) is 39.0 Å². The Kier molecular flexibility index (Phi) is 8.22. The molecular weight excluding hydrogens is 459 g/mol. The van der Waals surface area contributed by atoms with Crippen LogP contribution in [0.5, 0.6) is 5.75 Å². The highest BCUT2D eigenvalue weighted by Crippen LogP contribution is 2.29. The summed E-state index contributed by atoms with van der Waals surface area (Å²) in [6.45, 7) is 2.06. The Morgan fingerprint density at radius 2 is 1.77 bits per heavy atom. The average molecular weight is 485 g/mol. The summed E-state index contributed by atoms with van der Waals surface area (Å²) < 4.78 is 33.7. The zero-order chi connectivity index (χ0) is 22.4. The fourth-order valence-corrected chi connectivity index (χ4v) is 5.81. The Bertz CT molecular complexity index is 1010. The normalized spacial score (nSPS) is 15.1. The smallest absolute Gasteiger partial charge is 0.243 e. The van der Waals surface area contributed by atoms with Gasteiger partial charge >= 0.3 is 0 Å². The minimum Gasteiger partial charge on any atom is -0.494 e. The summed E-state index contributed by atoms with van der Waals surface area (Å²) in [5.74, 6) is 0.144. The number of rotatable bonds is 8. The Morgan fingerprint density at radius 1 is 1.10 bits per heavy atom. The summed E-state index contributed by atoms with van der Waals surface area (Å²) in [5.41, 5.74) is 0.387. The summed E-state index contributed by atoms with van der Waals surface area (Å²) in [4.78, 5) is 12.9. The van der Waals surface area contributed by atoms with E-state index in [1.165, 1.54) is 22.5 Å². The number of amides is 1. The van der Waals surface area contributed by atoms with Gasteiger partial charge in [0.25, 0.3) is 0 Å². The third-order valence-corrected chi connectivity index (χ3v) is 7.69. The second-order valence-electron chi connectivity index (χ2n) is 7.42. The molecule has 6 nitrogen and oxygen atoms in total. The van der Waals surface area contributed by atoms with E-state index < -0.39 is 15.9 Å². The first-order valence-electron chi connectivity index (χ1n) is 10.3. The SMILES string of the molecule is CCOc1ccc(S(=O)(=O)N(CC(=O)Nc2ccc(Cl)cc2Cl)C2CCCCC2)cc1.